The van der Waals surface area contributed by atoms with Crippen LogP contribution in [0.1, 0.15) is 22.0 Å². The Hall–Kier alpha value is -3.09. The van der Waals surface area contributed by atoms with Gasteiger partial charge in [0.1, 0.15) is 17.3 Å². The molecular weight excluding hydrogens is 294 g/mol. The van der Waals surface area contributed by atoms with Crippen molar-refractivity contribution < 1.29 is 9.90 Å². The zero-order valence-corrected chi connectivity index (χ0v) is 12.9. The topological polar surface area (TPSA) is 97.9 Å². The van der Waals surface area contributed by atoms with Gasteiger partial charge in [-0.15, -0.1) is 0 Å². The molecule has 1 amide bonds. The van der Waals surface area contributed by atoms with Crippen LogP contribution in [0, 0.1) is 6.92 Å². The van der Waals surface area contributed by atoms with Crippen LogP contribution in [0.25, 0.3) is 11.3 Å². The predicted molar refractivity (Wildman–Crippen MR) is 84.8 cm³/mol. The predicted octanol–water partition coefficient (Wildman–Crippen LogP) is 2.09. The van der Waals surface area contributed by atoms with E-state index in [9.17, 15) is 9.90 Å². The van der Waals surface area contributed by atoms with Crippen LogP contribution in [0.4, 0.5) is 0 Å². The van der Waals surface area contributed by atoms with Gasteiger partial charge in [-0.3, -0.25) is 9.89 Å². The number of aromatic hydroxyl groups is 1. The SMILES string of the molecule is Cc1cnc(CN(C)C(=O)c2cc(-c3ccc(O)cc3)n[nH]2)[nH]1. The molecule has 0 aliphatic carbocycles. The molecule has 0 fully saturated rings. The number of hydrogen-bond donors (Lipinski definition) is 3. The van der Waals surface area contributed by atoms with Crippen LogP contribution in [0.3, 0.4) is 0 Å². The van der Waals surface area contributed by atoms with Crippen molar-refractivity contribution in [3.63, 3.8) is 0 Å². The molecule has 0 spiro atoms. The molecule has 0 saturated carbocycles. The van der Waals surface area contributed by atoms with E-state index < -0.39 is 0 Å². The van der Waals surface area contributed by atoms with Gasteiger partial charge in [-0.25, -0.2) is 4.98 Å². The normalized spacial score (nSPS) is 10.7. The van der Waals surface area contributed by atoms with Gasteiger partial charge in [0.25, 0.3) is 5.91 Å². The van der Waals surface area contributed by atoms with E-state index in [1.807, 2.05) is 6.92 Å². The van der Waals surface area contributed by atoms with E-state index in [4.69, 9.17) is 0 Å². The molecule has 3 rings (SSSR count). The number of amides is 1. The maximum atomic E-state index is 12.4. The van der Waals surface area contributed by atoms with E-state index in [-0.39, 0.29) is 11.7 Å². The fourth-order valence-electron chi connectivity index (χ4n) is 2.26. The van der Waals surface area contributed by atoms with Gasteiger partial charge in [0.2, 0.25) is 0 Å². The fourth-order valence-corrected chi connectivity index (χ4v) is 2.26. The monoisotopic (exact) mass is 311 g/mol. The minimum absolute atomic E-state index is 0.170. The summed E-state index contributed by atoms with van der Waals surface area (Å²) in [6.45, 7) is 2.30. The summed E-state index contributed by atoms with van der Waals surface area (Å²) in [6.07, 6.45) is 1.73. The fraction of sp³-hybridized carbons (Fsp3) is 0.188. The first-order valence-electron chi connectivity index (χ1n) is 7.13. The number of phenols is 1. The largest absolute Gasteiger partial charge is 0.508 e. The highest BCUT2D eigenvalue weighted by Gasteiger charge is 2.16. The molecule has 0 unspecified atom stereocenters. The molecule has 3 aromatic rings. The second kappa shape index (κ2) is 5.96. The van der Waals surface area contributed by atoms with Crippen molar-refractivity contribution in [2.75, 3.05) is 7.05 Å². The standard InChI is InChI=1S/C16H17N5O2/c1-10-8-17-15(18-10)9-21(2)16(23)14-7-13(19-20-14)11-3-5-12(22)6-4-11/h3-8,22H,9H2,1-2H3,(H,17,18)(H,19,20). The molecule has 7 nitrogen and oxygen atoms in total. The number of nitrogens with one attached hydrogen (secondary N) is 2. The molecule has 0 bridgehead atoms. The number of benzene rings is 1. The van der Waals surface area contributed by atoms with Crippen LogP contribution < -0.4 is 0 Å². The molecule has 118 valence electrons. The number of carbonyl (C=O) groups is 1. The van der Waals surface area contributed by atoms with Gasteiger partial charge < -0.3 is 15.0 Å². The molecule has 2 heterocycles. The average Bonchev–Trinajstić information content (AvgIpc) is 3.16. The number of aromatic amines is 2. The Morgan fingerprint density at radius 2 is 2.04 bits per heavy atom. The number of H-pyrrole nitrogens is 2. The summed E-state index contributed by atoms with van der Waals surface area (Å²) in [6, 6.07) is 8.34. The van der Waals surface area contributed by atoms with E-state index in [1.165, 1.54) is 0 Å². The van der Waals surface area contributed by atoms with Crippen molar-refractivity contribution in [3.8, 4) is 17.0 Å². The number of aromatic nitrogens is 4. The lowest BCUT2D eigenvalue weighted by molar-refractivity contribution is 0.0776. The summed E-state index contributed by atoms with van der Waals surface area (Å²) in [5, 5.41) is 16.2. The highest BCUT2D eigenvalue weighted by Crippen LogP contribution is 2.21. The van der Waals surface area contributed by atoms with Crippen molar-refractivity contribution >= 4 is 5.91 Å². The molecule has 0 radical (unpaired) electrons. The number of imidazole rings is 1. The summed E-state index contributed by atoms with van der Waals surface area (Å²) in [5.74, 6) is 0.752. The Morgan fingerprint density at radius 3 is 2.70 bits per heavy atom. The van der Waals surface area contributed by atoms with Gasteiger partial charge in [-0.1, -0.05) is 0 Å². The zero-order valence-electron chi connectivity index (χ0n) is 12.9. The summed E-state index contributed by atoms with van der Waals surface area (Å²) < 4.78 is 0. The lowest BCUT2D eigenvalue weighted by Crippen LogP contribution is -2.27. The smallest absolute Gasteiger partial charge is 0.272 e. The summed E-state index contributed by atoms with van der Waals surface area (Å²) in [7, 11) is 1.71. The van der Waals surface area contributed by atoms with E-state index in [2.05, 4.69) is 20.2 Å². The van der Waals surface area contributed by atoms with Crippen molar-refractivity contribution in [2.24, 2.45) is 0 Å². The molecule has 0 atom stereocenters. The number of hydrogen-bond acceptors (Lipinski definition) is 4. The lowest BCUT2D eigenvalue weighted by atomic mass is 10.1. The molecular formula is C16H17N5O2. The maximum absolute atomic E-state index is 12.4. The Balaban J connectivity index is 1.74. The number of nitrogens with zero attached hydrogens (tertiary/aromatic N) is 3. The molecule has 3 N–H and O–H groups in total. The number of phenolic OH excluding ortho intramolecular Hbond substituents is 1. The molecule has 0 saturated heterocycles. The third-order valence-electron chi connectivity index (χ3n) is 3.46. The van der Waals surface area contributed by atoms with Crippen molar-refractivity contribution in [1.82, 2.24) is 25.1 Å². The van der Waals surface area contributed by atoms with Crippen LogP contribution in [0.15, 0.2) is 36.5 Å². The second-order valence-corrected chi connectivity index (χ2v) is 5.39. The van der Waals surface area contributed by atoms with Crippen LogP contribution >= 0.6 is 0 Å². The first kappa shape index (κ1) is 14.8. The number of carbonyl (C=O) groups excluding carboxylic acids is 1. The van der Waals surface area contributed by atoms with Crippen LogP contribution in [0.2, 0.25) is 0 Å². The van der Waals surface area contributed by atoms with Crippen molar-refractivity contribution in [3.05, 3.63) is 53.7 Å². The van der Waals surface area contributed by atoms with Gasteiger partial charge in [-0.05, 0) is 37.3 Å². The first-order valence-corrected chi connectivity index (χ1v) is 7.13. The quantitative estimate of drug-likeness (QED) is 0.687. The van der Waals surface area contributed by atoms with Crippen molar-refractivity contribution in [1.29, 1.82) is 0 Å². The molecule has 0 aliphatic rings. The van der Waals surface area contributed by atoms with E-state index in [0.717, 1.165) is 17.1 Å². The Kier molecular flexibility index (Phi) is 3.84. The molecule has 1 aromatic carbocycles. The Morgan fingerprint density at radius 1 is 1.30 bits per heavy atom. The Bertz CT molecular complexity index is 819. The number of rotatable bonds is 4. The van der Waals surface area contributed by atoms with Gasteiger partial charge in [0.05, 0.1) is 12.2 Å². The summed E-state index contributed by atoms with van der Waals surface area (Å²) in [5.41, 5.74) is 2.83. The molecule has 7 heteroatoms. The maximum Gasteiger partial charge on any atom is 0.272 e. The van der Waals surface area contributed by atoms with E-state index in [1.54, 1.807) is 48.5 Å². The van der Waals surface area contributed by atoms with E-state index >= 15 is 0 Å². The minimum atomic E-state index is -0.170. The van der Waals surface area contributed by atoms with E-state index in [0.29, 0.717) is 17.9 Å². The summed E-state index contributed by atoms with van der Waals surface area (Å²) in [4.78, 5) is 21.3. The average molecular weight is 311 g/mol. The van der Waals surface area contributed by atoms with Crippen LogP contribution in [0.5, 0.6) is 5.75 Å². The highest BCUT2D eigenvalue weighted by molar-refractivity contribution is 5.93. The van der Waals surface area contributed by atoms with Gasteiger partial charge in [0, 0.05) is 24.5 Å². The van der Waals surface area contributed by atoms with Crippen LogP contribution in [-0.4, -0.2) is 43.1 Å². The van der Waals surface area contributed by atoms with Gasteiger partial charge in [-0.2, -0.15) is 5.10 Å². The molecule has 2 aromatic heterocycles. The van der Waals surface area contributed by atoms with Crippen LogP contribution in [-0.2, 0) is 6.54 Å². The number of aryl methyl sites for hydroxylation is 1. The lowest BCUT2D eigenvalue weighted by Gasteiger charge is -2.14. The minimum Gasteiger partial charge on any atom is -0.508 e. The highest BCUT2D eigenvalue weighted by atomic mass is 16.3. The zero-order chi connectivity index (χ0) is 16.4. The van der Waals surface area contributed by atoms with Gasteiger partial charge >= 0.3 is 0 Å². The first-order chi connectivity index (χ1) is 11.0. The second-order valence-electron chi connectivity index (χ2n) is 5.39. The molecule has 23 heavy (non-hydrogen) atoms. The third-order valence-corrected chi connectivity index (χ3v) is 3.46. The summed E-state index contributed by atoms with van der Waals surface area (Å²) >= 11 is 0. The Labute approximate surface area is 133 Å². The van der Waals surface area contributed by atoms with Gasteiger partial charge in [0.15, 0.2) is 0 Å². The third kappa shape index (κ3) is 3.23. The molecule has 0 aliphatic heterocycles. The van der Waals surface area contributed by atoms with Crippen molar-refractivity contribution in [2.45, 2.75) is 13.5 Å².